The Hall–Kier alpha value is -6.97. The predicted octanol–water partition coefficient (Wildman–Crippen LogP) is 13.1. The van der Waals surface area contributed by atoms with E-state index >= 15 is 0 Å². The van der Waals surface area contributed by atoms with Gasteiger partial charge in [0.1, 0.15) is 11.2 Å². The minimum atomic E-state index is -0.590. The van der Waals surface area contributed by atoms with Gasteiger partial charge in [-0.1, -0.05) is 153 Å². The Kier molecular flexibility index (Phi) is 6.32. The molecule has 3 heteroatoms. The van der Waals surface area contributed by atoms with Crippen LogP contribution < -0.4 is 4.90 Å². The number of imidazole rings is 1. The van der Waals surface area contributed by atoms with Crippen molar-refractivity contribution < 1.29 is 0 Å². The summed E-state index contributed by atoms with van der Waals surface area (Å²) in [6, 6.07) is 69.2. The van der Waals surface area contributed by atoms with Crippen molar-refractivity contribution in [2.24, 2.45) is 0 Å². The third-order valence-electron chi connectivity index (χ3n) is 12.8. The largest absolute Gasteiger partial charge is 0.310 e. The normalized spacial score (nSPS) is 14.5. The van der Waals surface area contributed by atoms with Crippen molar-refractivity contribution in [2.45, 2.75) is 24.7 Å². The molecule has 0 bridgehead atoms. The van der Waals surface area contributed by atoms with Crippen LogP contribution in [0.4, 0.5) is 17.1 Å². The predicted molar refractivity (Wildman–Crippen MR) is 230 cm³/mol. The summed E-state index contributed by atoms with van der Waals surface area (Å²) in [6.07, 6.45) is 0. The van der Waals surface area contributed by atoms with Crippen LogP contribution in [0.1, 0.15) is 47.5 Å². The lowest BCUT2D eigenvalue weighted by Gasteiger charge is -2.31. The third-order valence-corrected chi connectivity index (χ3v) is 12.8. The Morgan fingerprint density at radius 3 is 1.80 bits per heavy atom. The van der Waals surface area contributed by atoms with Gasteiger partial charge in [-0.25, -0.2) is 4.98 Å². The molecular formula is C53H37N3. The molecule has 0 saturated carbocycles. The van der Waals surface area contributed by atoms with Crippen molar-refractivity contribution in [3.63, 3.8) is 0 Å². The van der Waals surface area contributed by atoms with E-state index in [1.165, 1.54) is 72.6 Å². The highest BCUT2D eigenvalue weighted by atomic mass is 15.2. The Bertz CT molecular complexity index is 3010. The molecule has 0 amide bonds. The maximum Gasteiger partial charge on any atom is 0.134 e. The van der Waals surface area contributed by atoms with Gasteiger partial charge in [0.25, 0.3) is 0 Å². The number of rotatable bonds is 4. The van der Waals surface area contributed by atoms with Crippen LogP contribution in [0.5, 0.6) is 0 Å². The number of anilines is 3. The van der Waals surface area contributed by atoms with Crippen LogP contribution in [0.2, 0.25) is 0 Å². The van der Waals surface area contributed by atoms with Crippen molar-refractivity contribution in [2.75, 3.05) is 4.90 Å². The van der Waals surface area contributed by atoms with E-state index < -0.39 is 5.41 Å². The lowest BCUT2D eigenvalue weighted by Crippen LogP contribution is -2.27. The Morgan fingerprint density at radius 2 is 1.05 bits per heavy atom. The summed E-state index contributed by atoms with van der Waals surface area (Å²) in [4.78, 5) is 8.00. The van der Waals surface area contributed by atoms with Gasteiger partial charge in [0.15, 0.2) is 0 Å². The monoisotopic (exact) mass is 715 g/mol. The van der Waals surface area contributed by atoms with E-state index in [1.807, 2.05) is 0 Å². The van der Waals surface area contributed by atoms with Crippen LogP contribution in [-0.4, -0.2) is 9.55 Å². The molecule has 3 nitrogen and oxygen atoms in total. The van der Waals surface area contributed by atoms with E-state index in [2.05, 4.69) is 211 Å². The van der Waals surface area contributed by atoms with Crippen LogP contribution in [0.15, 0.2) is 188 Å². The Balaban J connectivity index is 1.15. The lowest BCUT2D eigenvalue weighted by molar-refractivity contribution is 0.660. The molecule has 12 rings (SSSR count). The molecule has 0 unspecified atom stereocenters. The van der Waals surface area contributed by atoms with Crippen LogP contribution in [0.25, 0.3) is 50.1 Å². The highest BCUT2D eigenvalue weighted by molar-refractivity contribution is 5.97. The number of aromatic nitrogens is 2. The van der Waals surface area contributed by atoms with Gasteiger partial charge in [-0.2, -0.15) is 0 Å². The van der Waals surface area contributed by atoms with Crippen molar-refractivity contribution in [3.8, 4) is 39.1 Å². The van der Waals surface area contributed by atoms with Gasteiger partial charge in [-0.05, 0) is 98.6 Å². The van der Waals surface area contributed by atoms with Gasteiger partial charge in [0.05, 0.1) is 22.4 Å². The lowest BCUT2D eigenvalue weighted by atomic mass is 9.73. The fourth-order valence-electron chi connectivity index (χ4n) is 10.3. The maximum absolute atomic E-state index is 5.51. The first-order chi connectivity index (χ1) is 27.5. The minimum Gasteiger partial charge on any atom is -0.310 e. The number of para-hydroxylation sites is 2. The number of hydrogen-bond acceptors (Lipinski definition) is 2. The third kappa shape index (κ3) is 3.99. The molecule has 1 aliphatic heterocycles. The summed E-state index contributed by atoms with van der Waals surface area (Å²) in [5.74, 6) is 1.05. The fourth-order valence-corrected chi connectivity index (χ4v) is 10.3. The second-order valence-corrected chi connectivity index (χ2v) is 15.9. The first-order valence-corrected chi connectivity index (χ1v) is 19.6. The van der Waals surface area contributed by atoms with E-state index in [0.717, 1.165) is 28.2 Å². The van der Waals surface area contributed by atoms with Gasteiger partial charge in [0, 0.05) is 27.9 Å². The standard InChI is InChI=1S/C53H37N3/c1-52(2)41-20-9-8-19-40(41)50-44(52)23-14-26-49(50)55(36-29-27-35(28-30-36)34-15-4-3-5-16-34)37-31-32-47-45(33-37)53(51-54-46-24-12-13-25-48(46)56(47)51)42-21-10-6-17-38(42)39-18-7-11-22-43(39)53/h3-33H,1-2H3. The first-order valence-electron chi connectivity index (χ1n) is 19.6. The minimum absolute atomic E-state index is 0.125. The summed E-state index contributed by atoms with van der Waals surface area (Å²) < 4.78 is 2.42. The molecule has 264 valence electrons. The second-order valence-electron chi connectivity index (χ2n) is 15.9. The molecule has 56 heavy (non-hydrogen) atoms. The summed E-state index contributed by atoms with van der Waals surface area (Å²) in [5.41, 5.74) is 20.1. The summed E-state index contributed by atoms with van der Waals surface area (Å²) in [5, 5.41) is 0. The van der Waals surface area contributed by atoms with E-state index in [0.29, 0.717) is 0 Å². The molecule has 0 fully saturated rings. The van der Waals surface area contributed by atoms with Crippen molar-refractivity contribution in [1.82, 2.24) is 9.55 Å². The van der Waals surface area contributed by atoms with E-state index in [-0.39, 0.29) is 5.41 Å². The van der Waals surface area contributed by atoms with Crippen LogP contribution in [0.3, 0.4) is 0 Å². The Labute approximate surface area is 326 Å². The topological polar surface area (TPSA) is 21.1 Å². The highest BCUT2D eigenvalue weighted by Gasteiger charge is 2.54. The highest BCUT2D eigenvalue weighted by Crippen LogP contribution is 2.61. The molecule has 1 spiro atoms. The smallest absolute Gasteiger partial charge is 0.134 e. The first kappa shape index (κ1) is 31.4. The summed E-state index contributed by atoms with van der Waals surface area (Å²) >= 11 is 0. The van der Waals surface area contributed by atoms with E-state index in [4.69, 9.17) is 4.98 Å². The van der Waals surface area contributed by atoms with Crippen LogP contribution in [-0.2, 0) is 10.8 Å². The molecule has 2 aliphatic carbocycles. The zero-order chi connectivity index (χ0) is 37.2. The molecule has 1 aromatic heterocycles. The summed E-state index contributed by atoms with van der Waals surface area (Å²) in [7, 11) is 0. The van der Waals surface area contributed by atoms with E-state index in [9.17, 15) is 0 Å². The molecule has 0 atom stereocenters. The Morgan fingerprint density at radius 1 is 0.464 bits per heavy atom. The summed E-state index contributed by atoms with van der Waals surface area (Å²) in [6.45, 7) is 4.72. The number of benzene rings is 8. The van der Waals surface area contributed by atoms with Crippen LogP contribution in [0, 0.1) is 0 Å². The fraction of sp³-hybridized carbons (Fsp3) is 0.0755. The molecule has 2 heterocycles. The molecule has 0 N–H and O–H groups in total. The molecule has 8 aromatic carbocycles. The quantitative estimate of drug-likeness (QED) is 0.181. The maximum atomic E-state index is 5.51. The number of hydrogen-bond donors (Lipinski definition) is 0. The van der Waals surface area contributed by atoms with Crippen molar-refractivity contribution >= 4 is 28.1 Å². The van der Waals surface area contributed by atoms with Crippen molar-refractivity contribution in [3.05, 3.63) is 222 Å². The van der Waals surface area contributed by atoms with Gasteiger partial charge < -0.3 is 4.90 Å². The molecule has 0 saturated heterocycles. The second kappa shape index (κ2) is 11.3. The SMILES string of the molecule is CC1(C)c2ccccc2-c2c(N(c3ccc(-c4ccccc4)cc3)c3ccc4c(c3)C3(c5ccccc5-c5ccccc53)c3nc5ccccc5n3-4)cccc21. The van der Waals surface area contributed by atoms with Crippen LogP contribution >= 0.6 is 0 Å². The number of nitrogens with zero attached hydrogens (tertiary/aromatic N) is 3. The number of fused-ring (bicyclic) bond motifs is 15. The van der Waals surface area contributed by atoms with Gasteiger partial charge >= 0.3 is 0 Å². The average Bonchev–Trinajstić information content (AvgIpc) is 3.94. The molecule has 0 radical (unpaired) electrons. The van der Waals surface area contributed by atoms with Gasteiger partial charge in [-0.3, -0.25) is 4.57 Å². The van der Waals surface area contributed by atoms with E-state index in [1.54, 1.807) is 0 Å². The van der Waals surface area contributed by atoms with Gasteiger partial charge in [0.2, 0.25) is 0 Å². The van der Waals surface area contributed by atoms with Gasteiger partial charge in [-0.15, -0.1) is 0 Å². The average molecular weight is 716 g/mol. The molecular weight excluding hydrogens is 679 g/mol. The van der Waals surface area contributed by atoms with Crippen molar-refractivity contribution in [1.29, 1.82) is 0 Å². The zero-order valence-corrected chi connectivity index (χ0v) is 31.2. The zero-order valence-electron chi connectivity index (χ0n) is 31.2. The molecule has 3 aliphatic rings. The molecule has 9 aromatic rings.